The minimum absolute atomic E-state index is 0.108. The number of amides is 2. The number of rotatable bonds is 11. The number of sulfonamides is 1. The summed E-state index contributed by atoms with van der Waals surface area (Å²) < 4.78 is 26.5. The summed E-state index contributed by atoms with van der Waals surface area (Å²) in [6.07, 6.45) is 1.14. The summed E-state index contributed by atoms with van der Waals surface area (Å²) in [5, 5.41) is 3.78. The second-order valence-electron chi connectivity index (χ2n) is 8.72. The summed E-state index contributed by atoms with van der Waals surface area (Å²) in [6, 6.07) is 17.3. The first kappa shape index (κ1) is 31.0. The number of halogens is 4. The Labute approximate surface area is 248 Å². The molecule has 208 valence electrons. The highest BCUT2D eigenvalue weighted by molar-refractivity contribution is 7.92. The molecule has 1 atom stereocenters. The lowest BCUT2D eigenvalue weighted by atomic mass is 10.0. The first-order valence-electron chi connectivity index (χ1n) is 11.9. The molecule has 0 radical (unpaired) electrons. The van der Waals surface area contributed by atoms with Gasteiger partial charge in [-0.05, 0) is 42.8 Å². The average Bonchev–Trinajstić information content (AvgIpc) is 2.85. The first-order chi connectivity index (χ1) is 18.4. The molecule has 0 saturated heterocycles. The van der Waals surface area contributed by atoms with Crippen LogP contribution in [-0.2, 0) is 32.6 Å². The highest BCUT2D eigenvalue weighted by Crippen LogP contribution is 2.29. The summed E-state index contributed by atoms with van der Waals surface area (Å²) in [7, 11) is -3.97. The molecule has 0 saturated carbocycles. The van der Waals surface area contributed by atoms with Gasteiger partial charge in [-0.3, -0.25) is 13.9 Å². The lowest BCUT2D eigenvalue weighted by molar-refractivity contribution is -0.140. The number of hydrogen-bond acceptors (Lipinski definition) is 4. The number of benzene rings is 3. The van der Waals surface area contributed by atoms with Crippen LogP contribution in [-0.4, -0.2) is 50.5 Å². The van der Waals surface area contributed by atoms with Crippen molar-refractivity contribution in [3.8, 4) is 0 Å². The fourth-order valence-electron chi connectivity index (χ4n) is 4.00. The maximum atomic E-state index is 14.0. The van der Waals surface area contributed by atoms with E-state index in [4.69, 9.17) is 46.4 Å². The molecule has 7 nitrogen and oxygen atoms in total. The zero-order chi connectivity index (χ0) is 28.7. The van der Waals surface area contributed by atoms with Crippen molar-refractivity contribution in [1.82, 2.24) is 10.2 Å². The molecule has 0 aliphatic rings. The fourth-order valence-corrected chi connectivity index (χ4v) is 5.86. The van der Waals surface area contributed by atoms with Crippen molar-refractivity contribution < 1.29 is 18.0 Å². The smallest absolute Gasteiger partial charge is 0.244 e. The third kappa shape index (κ3) is 8.50. The van der Waals surface area contributed by atoms with Crippen LogP contribution in [0, 0.1) is 0 Å². The second-order valence-corrected chi connectivity index (χ2v) is 12.3. The van der Waals surface area contributed by atoms with Crippen LogP contribution in [0.25, 0.3) is 0 Å². The zero-order valence-electron chi connectivity index (χ0n) is 21.2. The quantitative estimate of drug-likeness (QED) is 0.288. The van der Waals surface area contributed by atoms with E-state index in [0.717, 1.165) is 16.1 Å². The molecule has 3 rings (SSSR count). The monoisotopic (exact) mass is 629 g/mol. The SMILES string of the molecule is CCNC(=O)[C@H](Cc1ccccc1)N(Cc1c(Cl)cccc1Cl)C(=O)CN(c1cc(Cl)cc(Cl)c1)S(C)(=O)=O. The number of nitrogens with zero attached hydrogens (tertiary/aromatic N) is 2. The molecule has 0 aliphatic carbocycles. The van der Waals surface area contributed by atoms with Gasteiger partial charge in [0.15, 0.2) is 0 Å². The van der Waals surface area contributed by atoms with E-state index >= 15 is 0 Å². The highest BCUT2D eigenvalue weighted by atomic mass is 35.5. The van der Waals surface area contributed by atoms with Crippen molar-refractivity contribution in [2.24, 2.45) is 0 Å². The van der Waals surface area contributed by atoms with Gasteiger partial charge in [0.25, 0.3) is 0 Å². The number of nitrogens with one attached hydrogen (secondary N) is 1. The van der Waals surface area contributed by atoms with Gasteiger partial charge in [0.05, 0.1) is 11.9 Å². The Morgan fingerprint density at radius 3 is 2.03 bits per heavy atom. The summed E-state index contributed by atoms with van der Waals surface area (Å²) in [4.78, 5) is 28.7. The van der Waals surface area contributed by atoms with Crippen LogP contribution in [0.3, 0.4) is 0 Å². The molecule has 0 fully saturated rings. The van der Waals surface area contributed by atoms with Gasteiger partial charge in [0, 0.05) is 45.2 Å². The molecule has 39 heavy (non-hydrogen) atoms. The summed E-state index contributed by atoms with van der Waals surface area (Å²) in [5.41, 5.74) is 1.34. The Morgan fingerprint density at radius 1 is 0.897 bits per heavy atom. The molecule has 0 unspecified atom stereocenters. The largest absolute Gasteiger partial charge is 0.355 e. The van der Waals surface area contributed by atoms with E-state index in [1.165, 1.54) is 23.1 Å². The van der Waals surface area contributed by atoms with Gasteiger partial charge in [0.1, 0.15) is 12.6 Å². The maximum Gasteiger partial charge on any atom is 0.244 e. The van der Waals surface area contributed by atoms with Gasteiger partial charge in [0.2, 0.25) is 21.8 Å². The van der Waals surface area contributed by atoms with E-state index in [9.17, 15) is 18.0 Å². The van der Waals surface area contributed by atoms with Crippen molar-refractivity contribution in [1.29, 1.82) is 0 Å². The molecule has 0 aliphatic heterocycles. The van der Waals surface area contributed by atoms with Crippen LogP contribution >= 0.6 is 46.4 Å². The summed E-state index contributed by atoms with van der Waals surface area (Å²) in [5.74, 6) is -1.06. The zero-order valence-corrected chi connectivity index (χ0v) is 25.0. The number of carbonyl (C=O) groups is 2. The molecular weight excluding hydrogens is 604 g/mol. The number of hydrogen-bond donors (Lipinski definition) is 1. The van der Waals surface area contributed by atoms with Gasteiger partial charge < -0.3 is 10.2 Å². The van der Waals surface area contributed by atoms with Crippen molar-refractivity contribution >= 4 is 73.9 Å². The third-order valence-corrected chi connectivity index (χ3v) is 8.11. The lowest BCUT2D eigenvalue weighted by Gasteiger charge is -2.34. The molecule has 3 aromatic carbocycles. The standard InChI is InChI=1S/C27H27Cl4N3O4S/c1-3-32-27(36)25(12-18-8-5-4-6-9-18)33(16-22-23(30)10-7-11-24(22)31)26(35)17-34(39(2,37)38)21-14-19(28)13-20(29)15-21/h4-11,13-15,25H,3,12,16-17H2,1-2H3,(H,32,36)/t25-/m0/s1. The van der Waals surface area contributed by atoms with Crippen molar-refractivity contribution in [3.05, 3.63) is 97.9 Å². The topological polar surface area (TPSA) is 86.8 Å². The molecule has 12 heteroatoms. The van der Waals surface area contributed by atoms with Gasteiger partial charge in [-0.1, -0.05) is 82.8 Å². The third-order valence-electron chi connectivity index (χ3n) is 5.83. The van der Waals surface area contributed by atoms with E-state index < -0.39 is 34.4 Å². The molecule has 0 bridgehead atoms. The van der Waals surface area contributed by atoms with Gasteiger partial charge >= 0.3 is 0 Å². The second kappa shape index (κ2) is 13.7. The minimum atomic E-state index is -3.97. The predicted octanol–water partition coefficient (Wildman–Crippen LogP) is 5.84. The van der Waals surface area contributed by atoms with Crippen LogP contribution in [0.1, 0.15) is 18.1 Å². The fraction of sp³-hybridized carbons (Fsp3) is 0.259. The van der Waals surface area contributed by atoms with E-state index in [0.29, 0.717) is 22.2 Å². The van der Waals surface area contributed by atoms with E-state index in [1.54, 1.807) is 25.1 Å². The highest BCUT2D eigenvalue weighted by Gasteiger charge is 2.33. The number of likely N-dealkylation sites (N-methyl/N-ethyl adjacent to an activating group) is 1. The van der Waals surface area contributed by atoms with Crippen molar-refractivity contribution in [3.63, 3.8) is 0 Å². The van der Waals surface area contributed by atoms with E-state index in [2.05, 4.69) is 5.32 Å². The Morgan fingerprint density at radius 2 is 1.49 bits per heavy atom. The molecule has 3 aromatic rings. The predicted molar refractivity (Wildman–Crippen MR) is 158 cm³/mol. The van der Waals surface area contributed by atoms with E-state index in [-0.39, 0.29) is 28.7 Å². The minimum Gasteiger partial charge on any atom is -0.355 e. The van der Waals surface area contributed by atoms with Crippen LogP contribution in [0.4, 0.5) is 5.69 Å². The molecule has 1 N–H and O–H groups in total. The summed E-state index contributed by atoms with van der Waals surface area (Å²) in [6.45, 7) is 1.33. The number of anilines is 1. The van der Waals surface area contributed by atoms with Gasteiger partial charge in [-0.15, -0.1) is 0 Å². The Kier molecular flexibility index (Phi) is 10.9. The number of carbonyl (C=O) groups excluding carboxylic acids is 2. The van der Waals surface area contributed by atoms with Gasteiger partial charge in [-0.2, -0.15) is 0 Å². The van der Waals surface area contributed by atoms with Gasteiger partial charge in [-0.25, -0.2) is 8.42 Å². The molecule has 2 amide bonds. The molecule has 0 heterocycles. The average molecular weight is 631 g/mol. The van der Waals surface area contributed by atoms with Crippen LogP contribution in [0.5, 0.6) is 0 Å². The Hall–Kier alpha value is -2.49. The van der Waals surface area contributed by atoms with Crippen LogP contribution in [0.2, 0.25) is 20.1 Å². The summed E-state index contributed by atoms with van der Waals surface area (Å²) >= 11 is 25.1. The lowest BCUT2D eigenvalue weighted by Crippen LogP contribution is -2.53. The van der Waals surface area contributed by atoms with Crippen LogP contribution in [0.15, 0.2) is 66.7 Å². The first-order valence-corrected chi connectivity index (χ1v) is 15.2. The van der Waals surface area contributed by atoms with Crippen molar-refractivity contribution in [2.45, 2.75) is 25.9 Å². The normalized spacial score (nSPS) is 12.1. The Balaban J connectivity index is 2.10. The van der Waals surface area contributed by atoms with Crippen LogP contribution < -0.4 is 9.62 Å². The Bertz CT molecular complexity index is 1400. The molecular formula is C27H27Cl4N3O4S. The molecule has 0 spiro atoms. The van der Waals surface area contributed by atoms with Crippen molar-refractivity contribution in [2.75, 3.05) is 23.7 Å². The van der Waals surface area contributed by atoms with E-state index in [1.807, 2.05) is 30.3 Å². The maximum absolute atomic E-state index is 14.0. The molecule has 0 aromatic heterocycles.